The molecule has 0 aromatic carbocycles. The molecule has 144 valence electrons. The van der Waals surface area contributed by atoms with Gasteiger partial charge in [-0.1, -0.05) is 19.4 Å². The molecule has 0 heterocycles. The first-order chi connectivity index (χ1) is 12.2. The third-order valence-corrected chi connectivity index (χ3v) is 8.65. The van der Waals surface area contributed by atoms with Crippen LogP contribution in [0.2, 0.25) is 0 Å². The van der Waals surface area contributed by atoms with Gasteiger partial charge < -0.3 is 15.3 Å². The SMILES string of the molecule is C[C@]12CCC(=O)C=C1CC[C@@H]1C2C(O)C[C@@]2(C)C1CC[C@]2(O)C(=O)CO. The van der Waals surface area contributed by atoms with Gasteiger partial charge in [0.1, 0.15) is 12.2 Å². The van der Waals surface area contributed by atoms with E-state index in [0.29, 0.717) is 19.3 Å². The normalized spacial score (nSPS) is 50.5. The maximum absolute atomic E-state index is 12.4. The molecule has 0 aromatic heterocycles. The van der Waals surface area contributed by atoms with Gasteiger partial charge in [-0.3, -0.25) is 9.59 Å². The van der Waals surface area contributed by atoms with Gasteiger partial charge in [0.05, 0.1) is 6.10 Å². The number of hydrogen-bond donors (Lipinski definition) is 3. The van der Waals surface area contributed by atoms with Crippen molar-refractivity contribution >= 4 is 11.6 Å². The van der Waals surface area contributed by atoms with Crippen LogP contribution in [0.15, 0.2) is 11.6 Å². The van der Waals surface area contributed by atoms with Crippen LogP contribution in [0, 0.1) is 28.6 Å². The van der Waals surface area contributed by atoms with Crippen LogP contribution in [0.1, 0.15) is 58.8 Å². The van der Waals surface area contributed by atoms with E-state index >= 15 is 0 Å². The molecule has 0 spiro atoms. The van der Waals surface area contributed by atoms with Crippen LogP contribution in [-0.4, -0.2) is 45.2 Å². The van der Waals surface area contributed by atoms with Gasteiger partial charge in [0.15, 0.2) is 11.6 Å². The summed E-state index contributed by atoms with van der Waals surface area (Å²) in [5, 5.41) is 31.7. The Labute approximate surface area is 154 Å². The third-order valence-electron chi connectivity index (χ3n) is 8.65. The molecule has 0 amide bonds. The first-order valence-corrected chi connectivity index (χ1v) is 9.96. The summed E-state index contributed by atoms with van der Waals surface area (Å²) >= 11 is 0. The van der Waals surface area contributed by atoms with E-state index in [0.717, 1.165) is 25.7 Å². The van der Waals surface area contributed by atoms with Crippen molar-refractivity contribution in [2.24, 2.45) is 28.6 Å². The second-order valence-corrected chi connectivity index (χ2v) is 9.56. The maximum atomic E-state index is 12.4. The Bertz CT molecular complexity index is 684. The minimum atomic E-state index is -1.54. The molecular formula is C21H30O5. The second-order valence-electron chi connectivity index (χ2n) is 9.56. The minimum Gasteiger partial charge on any atom is -0.393 e. The van der Waals surface area contributed by atoms with Crippen molar-refractivity contribution < 1.29 is 24.9 Å². The van der Waals surface area contributed by atoms with Gasteiger partial charge in [0.25, 0.3) is 0 Å². The molecule has 4 aliphatic carbocycles. The maximum Gasteiger partial charge on any atom is 0.190 e. The molecule has 3 unspecified atom stereocenters. The van der Waals surface area contributed by atoms with Crippen molar-refractivity contribution in [2.75, 3.05) is 6.61 Å². The predicted molar refractivity (Wildman–Crippen MR) is 95.1 cm³/mol. The van der Waals surface area contributed by atoms with E-state index in [2.05, 4.69) is 6.92 Å². The van der Waals surface area contributed by atoms with Crippen LogP contribution in [0.25, 0.3) is 0 Å². The van der Waals surface area contributed by atoms with Crippen molar-refractivity contribution in [1.82, 2.24) is 0 Å². The Morgan fingerprint density at radius 2 is 1.96 bits per heavy atom. The van der Waals surface area contributed by atoms with Crippen LogP contribution in [-0.2, 0) is 9.59 Å². The molecule has 26 heavy (non-hydrogen) atoms. The molecule has 5 heteroatoms. The Morgan fingerprint density at radius 3 is 2.65 bits per heavy atom. The van der Waals surface area contributed by atoms with E-state index in [4.69, 9.17) is 0 Å². The number of carbonyl (C=O) groups is 2. The van der Waals surface area contributed by atoms with E-state index in [1.165, 1.54) is 5.57 Å². The fourth-order valence-corrected chi connectivity index (χ4v) is 7.28. The van der Waals surface area contributed by atoms with Gasteiger partial charge in [-0.15, -0.1) is 0 Å². The third kappa shape index (κ3) is 2.14. The fourth-order valence-electron chi connectivity index (χ4n) is 7.28. The number of Topliss-reactive ketones (excluding diaryl/α,β-unsaturated/α-hetero) is 1. The molecule has 0 aromatic rings. The summed E-state index contributed by atoms with van der Waals surface area (Å²) < 4.78 is 0. The smallest absolute Gasteiger partial charge is 0.190 e. The summed E-state index contributed by atoms with van der Waals surface area (Å²) in [7, 11) is 0. The van der Waals surface area contributed by atoms with Crippen molar-refractivity contribution in [1.29, 1.82) is 0 Å². The van der Waals surface area contributed by atoms with E-state index in [-0.39, 0.29) is 29.0 Å². The standard InChI is InChI=1S/C21H30O5/c1-19-7-5-13(23)9-12(19)3-4-14-15-6-8-21(26,17(25)11-22)20(15,2)10-16(24)18(14)19/h9,14-16,18,22,24,26H,3-8,10-11H2,1-2H3/t14-,15?,16?,18?,19-,20-,21-/m0/s1. The first kappa shape index (κ1) is 18.3. The molecule has 3 fully saturated rings. The van der Waals surface area contributed by atoms with Crippen molar-refractivity contribution in [3.63, 3.8) is 0 Å². The van der Waals surface area contributed by atoms with Crippen LogP contribution in [0.3, 0.4) is 0 Å². The van der Waals surface area contributed by atoms with Crippen molar-refractivity contribution in [2.45, 2.75) is 70.5 Å². The number of rotatable bonds is 2. The molecule has 7 atom stereocenters. The molecule has 0 radical (unpaired) electrons. The van der Waals surface area contributed by atoms with Crippen LogP contribution >= 0.6 is 0 Å². The molecule has 0 aliphatic heterocycles. The number of aliphatic hydroxyl groups excluding tert-OH is 2. The van der Waals surface area contributed by atoms with E-state index < -0.39 is 29.5 Å². The Morgan fingerprint density at radius 1 is 1.23 bits per heavy atom. The highest BCUT2D eigenvalue weighted by Gasteiger charge is 2.68. The number of fused-ring (bicyclic) bond motifs is 5. The highest BCUT2D eigenvalue weighted by atomic mass is 16.3. The lowest BCUT2D eigenvalue weighted by Crippen LogP contribution is -2.62. The number of hydrogen-bond acceptors (Lipinski definition) is 5. The van der Waals surface area contributed by atoms with Crippen LogP contribution < -0.4 is 0 Å². The highest BCUT2D eigenvalue weighted by Crippen LogP contribution is 2.67. The summed E-state index contributed by atoms with van der Waals surface area (Å²) in [5.74, 6) is 0.140. The van der Waals surface area contributed by atoms with E-state index in [1.807, 2.05) is 6.92 Å². The zero-order chi connectivity index (χ0) is 18.9. The predicted octanol–water partition coefficient (Wildman–Crippen LogP) is 1.78. The molecule has 4 aliphatic rings. The summed E-state index contributed by atoms with van der Waals surface area (Å²) in [6.45, 7) is 3.46. The lowest BCUT2D eigenvalue weighted by Gasteiger charge is -2.60. The number of allylic oxidation sites excluding steroid dienone is 1. The largest absolute Gasteiger partial charge is 0.393 e. The zero-order valence-corrected chi connectivity index (χ0v) is 15.7. The summed E-state index contributed by atoms with van der Waals surface area (Å²) in [4.78, 5) is 24.3. The van der Waals surface area contributed by atoms with Gasteiger partial charge in [-0.25, -0.2) is 0 Å². The Balaban J connectivity index is 1.74. The first-order valence-electron chi connectivity index (χ1n) is 9.96. The average molecular weight is 362 g/mol. The molecular weight excluding hydrogens is 332 g/mol. The van der Waals surface area contributed by atoms with E-state index in [9.17, 15) is 24.9 Å². The lowest BCUT2D eigenvalue weighted by molar-refractivity contribution is -0.182. The second kappa shape index (κ2) is 5.73. The fraction of sp³-hybridized carbons (Fsp3) is 0.810. The number of carbonyl (C=O) groups excluding carboxylic acids is 2. The quantitative estimate of drug-likeness (QED) is 0.696. The molecule has 3 N–H and O–H groups in total. The zero-order valence-electron chi connectivity index (χ0n) is 15.7. The van der Waals surface area contributed by atoms with Gasteiger partial charge >= 0.3 is 0 Å². The molecule has 4 rings (SSSR count). The van der Waals surface area contributed by atoms with Crippen molar-refractivity contribution in [3.8, 4) is 0 Å². The number of aliphatic hydroxyl groups is 3. The lowest BCUT2D eigenvalue weighted by atomic mass is 9.45. The average Bonchev–Trinajstić information content (AvgIpc) is 2.86. The summed E-state index contributed by atoms with van der Waals surface area (Å²) in [6.07, 6.45) is 5.74. The summed E-state index contributed by atoms with van der Waals surface area (Å²) in [6, 6.07) is 0. The highest BCUT2D eigenvalue weighted by molar-refractivity contribution is 5.91. The van der Waals surface area contributed by atoms with Gasteiger partial charge in [-0.05, 0) is 67.8 Å². The molecule has 0 saturated heterocycles. The van der Waals surface area contributed by atoms with Gasteiger partial charge in [0.2, 0.25) is 0 Å². The Kier molecular flexibility index (Phi) is 4.04. The van der Waals surface area contributed by atoms with Crippen LogP contribution in [0.5, 0.6) is 0 Å². The topological polar surface area (TPSA) is 94.8 Å². The van der Waals surface area contributed by atoms with Crippen LogP contribution in [0.4, 0.5) is 0 Å². The molecule has 5 nitrogen and oxygen atoms in total. The van der Waals surface area contributed by atoms with E-state index in [1.54, 1.807) is 6.08 Å². The minimum absolute atomic E-state index is 0.0697. The number of ketones is 2. The summed E-state index contributed by atoms with van der Waals surface area (Å²) in [5.41, 5.74) is -1.23. The van der Waals surface area contributed by atoms with Crippen molar-refractivity contribution in [3.05, 3.63) is 11.6 Å². The molecule has 3 saturated carbocycles. The molecule has 0 bridgehead atoms. The van der Waals surface area contributed by atoms with Gasteiger partial charge in [0, 0.05) is 11.8 Å². The van der Waals surface area contributed by atoms with Gasteiger partial charge in [-0.2, -0.15) is 0 Å². The monoisotopic (exact) mass is 362 g/mol. The Hall–Kier alpha value is -1.04.